The van der Waals surface area contributed by atoms with Gasteiger partial charge in [-0.25, -0.2) is 4.99 Å². The molecule has 3 nitrogen and oxygen atoms in total. The van der Waals surface area contributed by atoms with Crippen LogP contribution in [-0.2, 0) is 0 Å². The van der Waals surface area contributed by atoms with Gasteiger partial charge in [0, 0.05) is 13.1 Å². The molecule has 0 atom stereocenters. The first-order chi connectivity index (χ1) is 8.31. The summed E-state index contributed by atoms with van der Waals surface area (Å²) in [7, 11) is 0. The molecule has 3 heteroatoms. The van der Waals surface area contributed by atoms with E-state index in [1.165, 1.54) is 64.5 Å². The molecule has 3 saturated carbocycles. The van der Waals surface area contributed by atoms with Gasteiger partial charge >= 0.3 is 0 Å². The van der Waals surface area contributed by atoms with Gasteiger partial charge in [-0.2, -0.15) is 0 Å². The summed E-state index contributed by atoms with van der Waals surface area (Å²) in [6, 6.07) is 0.524. The van der Waals surface area contributed by atoms with E-state index in [4.69, 9.17) is 10.7 Å². The van der Waals surface area contributed by atoms with Gasteiger partial charge in [0.2, 0.25) is 0 Å². The molecule has 0 unspecified atom stereocenters. The molecule has 17 heavy (non-hydrogen) atoms. The molecule has 0 amide bonds. The summed E-state index contributed by atoms with van der Waals surface area (Å²) in [5, 5.41) is 0. The molecule has 0 aromatic heterocycles. The van der Waals surface area contributed by atoms with E-state index in [9.17, 15) is 0 Å². The van der Waals surface area contributed by atoms with Crippen LogP contribution in [0.2, 0.25) is 0 Å². The second-order valence-corrected chi connectivity index (χ2v) is 6.22. The van der Waals surface area contributed by atoms with Crippen molar-refractivity contribution in [1.82, 2.24) is 4.90 Å². The van der Waals surface area contributed by atoms with E-state index < -0.39 is 0 Å². The van der Waals surface area contributed by atoms with E-state index in [0.29, 0.717) is 6.04 Å². The zero-order valence-corrected chi connectivity index (χ0v) is 10.8. The normalized spacial score (nSPS) is 26.5. The van der Waals surface area contributed by atoms with Crippen molar-refractivity contribution in [1.29, 1.82) is 0 Å². The van der Waals surface area contributed by atoms with Crippen molar-refractivity contribution in [2.75, 3.05) is 13.1 Å². The molecule has 0 aliphatic heterocycles. The van der Waals surface area contributed by atoms with Crippen LogP contribution in [0.25, 0.3) is 0 Å². The Morgan fingerprint density at radius 3 is 1.94 bits per heavy atom. The Bertz CT molecular complexity index is 272. The molecule has 3 fully saturated rings. The van der Waals surface area contributed by atoms with Gasteiger partial charge in [0.05, 0.1) is 6.04 Å². The third-order valence-corrected chi connectivity index (χ3v) is 4.31. The molecule has 0 spiro atoms. The molecule has 96 valence electrons. The highest BCUT2D eigenvalue weighted by atomic mass is 15.3. The van der Waals surface area contributed by atoms with E-state index in [2.05, 4.69) is 4.90 Å². The molecule has 3 aliphatic rings. The summed E-state index contributed by atoms with van der Waals surface area (Å²) < 4.78 is 0. The van der Waals surface area contributed by atoms with Crippen molar-refractivity contribution in [2.45, 2.75) is 57.4 Å². The molecule has 0 saturated heterocycles. The van der Waals surface area contributed by atoms with Crippen LogP contribution in [0, 0.1) is 11.8 Å². The topological polar surface area (TPSA) is 41.6 Å². The minimum absolute atomic E-state index is 0.524. The highest BCUT2D eigenvalue weighted by molar-refractivity contribution is 5.78. The number of rotatable bonds is 5. The number of aliphatic imine (C=N–C) groups is 1. The van der Waals surface area contributed by atoms with Crippen LogP contribution in [0.4, 0.5) is 0 Å². The Balaban J connectivity index is 1.58. The number of nitrogens with zero attached hydrogens (tertiary/aromatic N) is 2. The first kappa shape index (κ1) is 11.4. The highest BCUT2D eigenvalue weighted by Gasteiger charge is 2.30. The van der Waals surface area contributed by atoms with Crippen molar-refractivity contribution in [2.24, 2.45) is 22.6 Å². The smallest absolute Gasteiger partial charge is 0.191 e. The van der Waals surface area contributed by atoms with E-state index in [0.717, 1.165) is 17.8 Å². The third-order valence-electron chi connectivity index (χ3n) is 4.31. The lowest BCUT2D eigenvalue weighted by Crippen LogP contribution is -2.40. The summed E-state index contributed by atoms with van der Waals surface area (Å²) >= 11 is 0. The fourth-order valence-electron chi connectivity index (χ4n) is 2.79. The third kappa shape index (κ3) is 3.36. The second kappa shape index (κ2) is 4.87. The fourth-order valence-corrected chi connectivity index (χ4v) is 2.79. The van der Waals surface area contributed by atoms with Crippen molar-refractivity contribution < 1.29 is 0 Å². The van der Waals surface area contributed by atoms with Gasteiger partial charge in [-0.3, -0.25) is 0 Å². The first-order valence-corrected chi connectivity index (χ1v) is 7.39. The van der Waals surface area contributed by atoms with Gasteiger partial charge in [-0.1, -0.05) is 12.8 Å². The predicted molar refractivity (Wildman–Crippen MR) is 70.9 cm³/mol. The van der Waals surface area contributed by atoms with Gasteiger partial charge in [-0.05, 0) is 50.4 Å². The van der Waals surface area contributed by atoms with Crippen molar-refractivity contribution in [3.63, 3.8) is 0 Å². The summed E-state index contributed by atoms with van der Waals surface area (Å²) in [5.74, 6) is 2.66. The fraction of sp³-hybridized carbons (Fsp3) is 0.929. The van der Waals surface area contributed by atoms with Crippen molar-refractivity contribution in [3.8, 4) is 0 Å². The molecule has 0 aromatic rings. The highest BCUT2D eigenvalue weighted by Crippen LogP contribution is 2.33. The van der Waals surface area contributed by atoms with Gasteiger partial charge in [-0.15, -0.1) is 0 Å². The Morgan fingerprint density at radius 2 is 1.47 bits per heavy atom. The summed E-state index contributed by atoms with van der Waals surface area (Å²) in [6.45, 7) is 2.33. The molecule has 0 bridgehead atoms. The average molecular weight is 235 g/mol. The Kier molecular flexibility index (Phi) is 3.26. The maximum absolute atomic E-state index is 6.23. The Hall–Kier alpha value is -0.730. The maximum Gasteiger partial charge on any atom is 0.191 e. The van der Waals surface area contributed by atoms with Gasteiger partial charge in [0.25, 0.3) is 0 Å². The zero-order chi connectivity index (χ0) is 11.7. The minimum Gasteiger partial charge on any atom is -0.370 e. The van der Waals surface area contributed by atoms with Crippen LogP contribution in [0.15, 0.2) is 4.99 Å². The molecule has 2 N–H and O–H groups in total. The molecule has 0 radical (unpaired) electrons. The summed E-state index contributed by atoms with van der Waals surface area (Å²) in [5.41, 5.74) is 6.23. The van der Waals surface area contributed by atoms with E-state index >= 15 is 0 Å². The van der Waals surface area contributed by atoms with Gasteiger partial charge < -0.3 is 10.6 Å². The van der Waals surface area contributed by atoms with Crippen LogP contribution in [-0.4, -0.2) is 30.0 Å². The first-order valence-electron chi connectivity index (χ1n) is 7.39. The lowest BCUT2D eigenvalue weighted by atomic mass is 10.3. The number of guanidine groups is 1. The van der Waals surface area contributed by atoms with Crippen LogP contribution < -0.4 is 5.73 Å². The maximum atomic E-state index is 6.23. The van der Waals surface area contributed by atoms with E-state index in [1.54, 1.807) is 0 Å². The number of nitrogens with two attached hydrogens (primary N) is 1. The predicted octanol–water partition coefficient (Wildman–Crippen LogP) is 2.37. The molecular weight excluding hydrogens is 210 g/mol. The van der Waals surface area contributed by atoms with Gasteiger partial charge in [0.1, 0.15) is 0 Å². The monoisotopic (exact) mass is 235 g/mol. The second-order valence-electron chi connectivity index (χ2n) is 6.22. The van der Waals surface area contributed by atoms with Crippen LogP contribution in [0.3, 0.4) is 0 Å². The standard InChI is InChI=1S/C14H25N3/c15-14(16-13-3-1-2-4-13)17(9-11-5-6-11)10-12-7-8-12/h11-13H,1-10H2,(H2,15,16). The number of hydrogen-bond donors (Lipinski definition) is 1. The molecule has 3 rings (SSSR count). The summed E-state index contributed by atoms with van der Waals surface area (Å²) in [6.07, 6.45) is 10.8. The van der Waals surface area contributed by atoms with Crippen LogP contribution in [0.1, 0.15) is 51.4 Å². The molecule has 0 heterocycles. The molecular formula is C14H25N3. The SMILES string of the molecule is NC(=NC1CCCC1)N(CC1CC1)CC1CC1. The average Bonchev–Trinajstić information content (AvgIpc) is 3.23. The molecule has 0 aromatic carbocycles. The zero-order valence-electron chi connectivity index (χ0n) is 10.8. The van der Waals surface area contributed by atoms with Crippen molar-refractivity contribution >= 4 is 5.96 Å². The van der Waals surface area contributed by atoms with Crippen LogP contribution >= 0.6 is 0 Å². The lowest BCUT2D eigenvalue weighted by Gasteiger charge is -2.24. The number of hydrogen-bond acceptors (Lipinski definition) is 1. The largest absolute Gasteiger partial charge is 0.370 e. The van der Waals surface area contributed by atoms with Crippen LogP contribution in [0.5, 0.6) is 0 Å². The Labute approximate surface area is 104 Å². The van der Waals surface area contributed by atoms with E-state index in [-0.39, 0.29) is 0 Å². The minimum atomic E-state index is 0.524. The quantitative estimate of drug-likeness (QED) is 0.587. The van der Waals surface area contributed by atoms with E-state index in [1.807, 2.05) is 0 Å². The Morgan fingerprint density at radius 1 is 0.941 bits per heavy atom. The molecule has 3 aliphatic carbocycles. The van der Waals surface area contributed by atoms with Crippen molar-refractivity contribution in [3.05, 3.63) is 0 Å². The lowest BCUT2D eigenvalue weighted by molar-refractivity contribution is 0.375. The van der Waals surface area contributed by atoms with Gasteiger partial charge in [0.15, 0.2) is 5.96 Å². The summed E-state index contributed by atoms with van der Waals surface area (Å²) in [4.78, 5) is 7.14.